The van der Waals surface area contributed by atoms with Gasteiger partial charge in [-0.15, -0.1) is 0 Å². The quantitative estimate of drug-likeness (QED) is 0.771. The van der Waals surface area contributed by atoms with E-state index in [-0.39, 0.29) is 12.2 Å². The number of benzene rings is 1. The van der Waals surface area contributed by atoms with Crippen LogP contribution in [0.1, 0.15) is 72.6 Å². The fraction of sp³-hybridized carbons (Fsp3) is 0.429. The lowest BCUT2D eigenvalue weighted by Gasteiger charge is -2.21. The van der Waals surface area contributed by atoms with Crippen molar-refractivity contribution in [2.75, 3.05) is 0 Å². The van der Waals surface area contributed by atoms with Gasteiger partial charge < -0.3 is 9.84 Å². The number of hydrogen-bond donors (Lipinski definition) is 1. The van der Waals surface area contributed by atoms with Gasteiger partial charge in [0.2, 0.25) is 0 Å². The summed E-state index contributed by atoms with van der Waals surface area (Å²) in [5.41, 5.74) is 3.04. The molecule has 1 N–H and O–H groups in total. The summed E-state index contributed by atoms with van der Waals surface area (Å²) in [6.45, 7) is 6.72. The molecule has 1 heterocycles. The van der Waals surface area contributed by atoms with E-state index >= 15 is 0 Å². The van der Waals surface area contributed by atoms with Crippen molar-refractivity contribution in [1.29, 1.82) is 0 Å². The highest BCUT2D eigenvalue weighted by molar-refractivity contribution is 5.88. The second kappa shape index (κ2) is 7.26. The molecule has 132 valence electrons. The Balaban J connectivity index is 1.92. The van der Waals surface area contributed by atoms with E-state index in [1.165, 1.54) is 18.4 Å². The molecule has 4 heteroatoms. The van der Waals surface area contributed by atoms with Crippen LogP contribution in [0.25, 0.3) is 0 Å². The molecular weight excluding hydrogens is 314 g/mol. The lowest BCUT2D eigenvalue weighted by molar-refractivity contribution is 0.0693. The number of rotatable bonds is 7. The number of carboxylic acid groups (broad SMARTS) is 1. The zero-order valence-corrected chi connectivity index (χ0v) is 15.0. The molecule has 1 fully saturated rings. The molecular formula is C21H25NO3. The van der Waals surface area contributed by atoms with Crippen LogP contribution in [-0.4, -0.2) is 16.1 Å². The van der Waals surface area contributed by atoms with Gasteiger partial charge in [-0.2, -0.15) is 0 Å². The van der Waals surface area contributed by atoms with Gasteiger partial charge in [0.15, 0.2) is 0 Å². The molecule has 0 amide bonds. The number of pyridine rings is 1. The zero-order valence-electron chi connectivity index (χ0n) is 15.0. The third-order valence-electron chi connectivity index (χ3n) is 4.99. The van der Waals surface area contributed by atoms with E-state index in [9.17, 15) is 9.90 Å². The number of aromatic carboxylic acids is 1. The Hall–Kier alpha value is -2.36. The second-order valence-corrected chi connectivity index (χ2v) is 7.14. The highest BCUT2D eigenvalue weighted by Gasteiger charge is 2.31. The Labute approximate surface area is 148 Å². The van der Waals surface area contributed by atoms with Gasteiger partial charge in [-0.3, -0.25) is 4.98 Å². The van der Waals surface area contributed by atoms with Crippen LogP contribution in [-0.2, 0) is 6.61 Å². The Morgan fingerprint density at radius 2 is 1.92 bits per heavy atom. The molecule has 1 aliphatic carbocycles. The molecule has 0 radical (unpaired) electrons. The van der Waals surface area contributed by atoms with Gasteiger partial charge in [-0.1, -0.05) is 39.0 Å². The summed E-state index contributed by atoms with van der Waals surface area (Å²) in [5, 5.41) is 9.33. The van der Waals surface area contributed by atoms with E-state index in [2.05, 4.69) is 44.0 Å². The third-order valence-corrected chi connectivity index (χ3v) is 4.99. The fourth-order valence-electron chi connectivity index (χ4n) is 3.29. The van der Waals surface area contributed by atoms with Crippen molar-refractivity contribution in [2.24, 2.45) is 5.92 Å². The van der Waals surface area contributed by atoms with Crippen molar-refractivity contribution in [3.05, 3.63) is 58.9 Å². The van der Waals surface area contributed by atoms with Gasteiger partial charge in [0, 0.05) is 6.20 Å². The number of nitrogens with zero attached hydrogens (tertiary/aromatic N) is 1. The third kappa shape index (κ3) is 3.84. The van der Waals surface area contributed by atoms with E-state index in [1.807, 2.05) is 0 Å². The van der Waals surface area contributed by atoms with Gasteiger partial charge >= 0.3 is 5.97 Å². The monoisotopic (exact) mass is 339 g/mol. The van der Waals surface area contributed by atoms with Crippen molar-refractivity contribution in [3.63, 3.8) is 0 Å². The second-order valence-electron chi connectivity index (χ2n) is 7.14. The maximum atomic E-state index is 11.4. The summed E-state index contributed by atoms with van der Waals surface area (Å²) in [5.74, 6) is 1.45. The fourth-order valence-corrected chi connectivity index (χ4v) is 3.29. The molecule has 1 saturated carbocycles. The Morgan fingerprint density at radius 1 is 1.20 bits per heavy atom. The molecule has 0 spiro atoms. The predicted molar refractivity (Wildman–Crippen MR) is 97.2 cm³/mol. The summed E-state index contributed by atoms with van der Waals surface area (Å²) in [4.78, 5) is 15.6. The average molecular weight is 339 g/mol. The lowest BCUT2D eigenvalue weighted by Crippen LogP contribution is -2.10. The van der Waals surface area contributed by atoms with Crippen LogP contribution in [0.5, 0.6) is 5.75 Å². The van der Waals surface area contributed by atoms with Crippen LogP contribution in [0.15, 0.2) is 36.5 Å². The molecule has 1 atom stereocenters. The van der Waals surface area contributed by atoms with E-state index < -0.39 is 5.97 Å². The van der Waals surface area contributed by atoms with Gasteiger partial charge in [-0.25, -0.2) is 4.79 Å². The SMILES string of the molecule is CC(C)c1cccc([C@H](C)C2CC2)c1OCc1ncccc1C(=O)O. The summed E-state index contributed by atoms with van der Waals surface area (Å²) < 4.78 is 6.18. The first-order valence-electron chi connectivity index (χ1n) is 8.91. The largest absolute Gasteiger partial charge is 0.487 e. The summed E-state index contributed by atoms with van der Waals surface area (Å²) in [6, 6.07) is 9.53. The smallest absolute Gasteiger partial charge is 0.337 e. The van der Waals surface area contributed by atoms with E-state index in [4.69, 9.17) is 4.74 Å². The van der Waals surface area contributed by atoms with Crippen molar-refractivity contribution >= 4 is 5.97 Å². The average Bonchev–Trinajstić information content (AvgIpc) is 3.44. The number of para-hydroxylation sites is 1. The molecule has 0 bridgehead atoms. The van der Waals surface area contributed by atoms with Gasteiger partial charge in [0.1, 0.15) is 12.4 Å². The highest BCUT2D eigenvalue weighted by Crippen LogP contribution is 2.46. The molecule has 0 aliphatic heterocycles. The highest BCUT2D eigenvalue weighted by atomic mass is 16.5. The minimum Gasteiger partial charge on any atom is -0.487 e. The first-order valence-corrected chi connectivity index (χ1v) is 8.91. The summed E-state index contributed by atoms with van der Waals surface area (Å²) >= 11 is 0. The van der Waals surface area contributed by atoms with Crippen LogP contribution in [0.3, 0.4) is 0 Å². The molecule has 1 aromatic carbocycles. The van der Waals surface area contributed by atoms with E-state index in [1.54, 1.807) is 18.3 Å². The maximum absolute atomic E-state index is 11.4. The van der Waals surface area contributed by atoms with Crippen molar-refractivity contribution in [3.8, 4) is 5.75 Å². The first-order chi connectivity index (χ1) is 12.0. The van der Waals surface area contributed by atoms with Crippen molar-refractivity contribution in [2.45, 2.75) is 52.1 Å². The zero-order chi connectivity index (χ0) is 18.0. The minimum atomic E-state index is -0.976. The molecule has 0 saturated heterocycles. The normalized spacial score (nSPS) is 15.2. The number of hydrogen-bond acceptors (Lipinski definition) is 3. The van der Waals surface area contributed by atoms with Gasteiger partial charge in [-0.05, 0) is 53.9 Å². The molecule has 3 rings (SSSR count). The van der Waals surface area contributed by atoms with E-state index in [0.717, 1.165) is 17.2 Å². The molecule has 4 nitrogen and oxygen atoms in total. The number of carboxylic acids is 1. The Bertz CT molecular complexity index is 765. The van der Waals surface area contributed by atoms with Crippen molar-refractivity contribution in [1.82, 2.24) is 4.98 Å². The van der Waals surface area contributed by atoms with Crippen LogP contribution < -0.4 is 4.74 Å². The first kappa shape index (κ1) is 17.5. The number of carbonyl (C=O) groups is 1. The van der Waals surface area contributed by atoms with Crippen LogP contribution in [0.4, 0.5) is 0 Å². The number of ether oxygens (including phenoxy) is 1. The van der Waals surface area contributed by atoms with Crippen LogP contribution in [0.2, 0.25) is 0 Å². The predicted octanol–water partition coefficient (Wildman–Crippen LogP) is 5.00. The summed E-state index contributed by atoms with van der Waals surface area (Å²) in [7, 11) is 0. The lowest BCUT2D eigenvalue weighted by atomic mass is 9.90. The molecule has 1 aliphatic rings. The molecule has 0 unspecified atom stereocenters. The topological polar surface area (TPSA) is 59.4 Å². The molecule has 2 aromatic rings. The summed E-state index contributed by atoms with van der Waals surface area (Å²) in [6.07, 6.45) is 4.15. The molecule has 1 aromatic heterocycles. The number of aromatic nitrogens is 1. The van der Waals surface area contributed by atoms with Gasteiger partial charge in [0.05, 0.1) is 11.3 Å². The Kier molecular flexibility index (Phi) is 5.07. The Morgan fingerprint density at radius 3 is 2.56 bits per heavy atom. The molecule has 25 heavy (non-hydrogen) atoms. The van der Waals surface area contributed by atoms with Gasteiger partial charge in [0.25, 0.3) is 0 Å². The van der Waals surface area contributed by atoms with Crippen LogP contribution >= 0.6 is 0 Å². The maximum Gasteiger partial charge on any atom is 0.337 e. The van der Waals surface area contributed by atoms with Crippen LogP contribution in [0, 0.1) is 5.92 Å². The van der Waals surface area contributed by atoms with Crippen molar-refractivity contribution < 1.29 is 14.6 Å². The minimum absolute atomic E-state index is 0.163. The standard InChI is InChI=1S/C21H25NO3/c1-13(2)16-6-4-7-17(14(3)15-9-10-15)20(16)25-12-19-18(21(23)24)8-5-11-22-19/h4-8,11,13-15H,9-10,12H2,1-3H3,(H,23,24)/t14-/m1/s1. The van der Waals surface area contributed by atoms with E-state index in [0.29, 0.717) is 17.5 Å².